The summed E-state index contributed by atoms with van der Waals surface area (Å²) in [7, 11) is 3.83. The number of aryl methyl sites for hydroxylation is 2. The summed E-state index contributed by atoms with van der Waals surface area (Å²) in [6, 6.07) is 12.4. The molecule has 1 unspecified atom stereocenters. The van der Waals surface area contributed by atoms with Gasteiger partial charge in [0.05, 0.1) is 7.11 Å². The molecule has 0 radical (unpaired) electrons. The lowest BCUT2D eigenvalue weighted by molar-refractivity contribution is -0.142. The number of carbonyl (C=O) groups is 3. The van der Waals surface area contributed by atoms with E-state index in [-0.39, 0.29) is 18.0 Å². The van der Waals surface area contributed by atoms with Gasteiger partial charge < -0.3 is 34.4 Å². The van der Waals surface area contributed by atoms with Gasteiger partial charge in [-0.2, -0.15) is 0 Å². The molecule has 1 N–H and O–H groups in total. The van der Waals surface area contributed by atoms with E-state index in [1.807, 2.05) is 54.0 Å². The third kappa shape index (κ3) is 7.73. The molecule has 0 spiro atoms. The van der Waals surface area contributed by atoms with E-state index in [1.165, 1.54) is 0 Å². The quantitative estimate of drug-likeness (QED) is 0.477. The van der Waals surface area contributed by atoms with Crippen molar-refractivity contribution in [2.75, 3.05) is 78.4 Å². The summed E-state index contributed by atoms with van der Waals surface area (Å²) in [5.41, 5.74) is 4.92. The van der Waals surface area contributed by atoms with Gasteiger partial charge in [0.2, 0.25) is 0 Å². The Morgan fingerprint density at radius 2 is 1.48 bits per heavy atom. The van der Waals surface area contributed by atoms with Gasteiger partial charge in [-0.3, -0.25) is 9.69 Å². The van der Waals surface area contributed by atoms with E-state index in [2.05, 4.69) is 28.2 Å². The molecule has 4 aliphatic rings. The molecule has 0 bridgehead atoms. The summed E-state index contributed by atoms with van der Waals surface area (Å²) in [5, 5.41) is 3.06. The van der Waals surface area contributed by atoms with Crippen LogP contribution in [0.25, 0.3) is 0 Å². The van der Waals surface area contributed by atoms with Gasteiger partial charge in [-0.1, -0.05) is 30.3 Å². The second-order valence-electron chi connectivity index (χ2n) is 14.0. The molecule has 48 heavy (non-hydrogen) atoms. The second kappa shape index (κ2) is 15.2. The first-order valence-corrected chi connectivity index (χ1v) is 17.7. The van der Waals surface area contributed by atoms with Gasteiger partial charge in [0.1, 0.15) is 5.75 Å². The Labute approximate surface area is 285 Å². The average molecular weight is 661 g/mol. The van der Waals surface area contributed by atoms with E-state index in [1.54, 1.807) is 12.0 Å². The van der Waals surface area contributed by atoms with Crippen LogP contribution in [0.3, 0.4) is 0 Å². The summed E-state index contributed by atoms with van der Waals surface area (Å²) in [4.78, 5) is 51.3. The summed E-state index contributed by atoms with van der Waals surface area (Å²) in [5.74, 6) is 0.705. The number of anilines is 1. The Balaban J connectivity index is 1.09. The Morgan fingerprint density at radius 3 is 2.15 bits per heavy atom. The van der Waals surface area contributed by atoms with Crippen LogP contribution in [0.5, 0.6) is 5.75 Å². The van der Waals surface area contributed by atoms with Crippen LogP contribution in [0.2, 0.25) is 0 Å². The standard InChI is InChI=1S/C37H52N6O5/c1-26-23-28(24-27(2)34(26)47-4)25-33(35(44)41-14-10-30(11-15-41)40-21-19-39(3)20-22-40)48-37(46)42-16-12-31(13-17-42)43-18-9-29-7-5-6-8-32(29)38-36(43)45/h5-8,23-24,30-31,33H,9-22,25H2,1-4H3,(H,38,45). The number of carbonyl (C=O) groups excluding carboxylic acids is 3. The van der Waals surface area contributed by atoms with E-state index in [0.717, 1.165) is 79.1 Å². The number of nitrogens with zero attached hydrogens (tertiary/aromatic N) is 5. The summed E-state index contributed by atoms with van der Waals surface area (Å²) < 4.78 is 11.7. The molecule has 4 amide bonds. The van der Waals surface area contributed by atoms with Gasteiger partial charge in [0.15, 0.2) is 6.10 Å². The highest BCUT2D eigenvalue weighted by Crippen LogP contribution is 2.28. The van der Waals surface area contributed by atoms with Crippen LogP contribution >= 0.6 is 0 Å². The lowest BCUT2D eigenvalue weighted by Gasteiger charge is -2.42. The third-order valence-corrected chi connectivity index (χ3v) is 10.8. The van der Waals surface area contributed by atoms with Gasteiger partial charge in [-0.25, -0.2) is 9.59 Å². The first-order valence-electron chi connectivity index (χ1n) is 17.7. The summed E-state index contributed by atoms with van der Waals surface area (Å²) in [6.45, 7) is 11.2. The predicted octanol–water partition coefficient (Wildman–Crippen LogP) is 4.15. The van der Waals surface area contributed by atoms with E-state index in [9.17, 15) is 14.4 Å². The fraction of sp³-hybridized carbons (Fsp3) is 0.595. The highest BCUT2D eigenvalue weighted by Gasteiger charge is 2.36. The average Bonchev–Trinajstić information content (AvgIpc) is 3.26. The number of likely N-dealkylation sites (N-methyl/N-ethyl adjacent to an activating group) is 1. The van der Waals surface area contributed by atoms with Crippen molar-refractivity contribution in [3.8, 4) is 5.75 Å². The first-order chi connectivity index (χ1) is 23.2. The molecule has 4 aliphatic heterocycles. The molecule has 4 heterocycles. The van der Waals surface area contributed by atoms with Gasteiger partial charge in [0, 0.05) is 83.1 Å². The lowest BCUT2D eigenvalue weighted by Crippen LogP contribution is -2.54. The van der Waals surface area contributed by atoms with Crippen molar-refractivity contribution >= 4 is 23.7 Å². The molecular weight excluding hydrogens is 608 g/mol. The van der Waals surface area contributed by atoms with Crippen LogP contribution in [0.4, 0.5) is 15.3 Å². The maximum Gasteiger partial charge on any atom is 0.410 e. The van der Waals surface area contributed by atoms with E-state index >= 15 is 0 Å². The Morgan fingerprint density at radius 1 is 0.854 bits per heavy atom. The SMILES string of the molecule is COc1c(C)cc(CC(OC(=O)N2CCC(N3CCc4ccccc4NC3=O)CC2)C(=O)N2CCC(N3CCN(C)CC3)CC2)cc1C. The maximum atomic E-state index is 14.1. The van der Waals surface area contributed by atoms with Crippen molar-refractivity contribution in [1.29, 1.82) is 0 Å². The number of fused-ring (bicyclic) bond motifs is 1. The molecule has 2 aromatic rings. The number of urea groups is 1. The number of nitrogens with one attached hydrogen (secondary N) is 1. The molecule has 260 valence electrons. The monoisotopic (exact) mass is 660 g/mol. The van der Waals surface area contributed by atoms with Gasteiger partial charge >= 0.3 is 12.1 Å². The zero-order chi connectivity index (χ0) is 33.8. The topological polar surface area (TPSA) is 97.9 Å². The number of hydrogen-bond donors (Lipinski definition) is 1. The number of ether oxygens (including phenoxy) is 2. The zero-order valence-electron chi connectivity index (χ0n) is 29.1. The number of likely N-dealkylation sites (tertiary alicyclic amines) is 2. The van der Waals surface area contributed by atoms with Crippen LogP contribution < -0.4 is 10.1 Å². The number of piperazine rings is 1. The van der Waals surface area contributed by atoms with Crippen LogP contribution in [-0.2, 0) is 22.4 Å². The fourth-order valence-electron chi connectivity index (χ4n) is 8.01. The lowest BCUT2D eigenvalue weighted by atomic mass is 9.98. The third-order valence-electron chi connectivity index (χ3n) is 10.8. The predicted molar refractivity (Wildman–Crippen MR) is 186 cm³/mol. The minimum Gasteiger partial charge on any atom is -0.496 e. The van der Waals surface area contributed by atoms with Crippen molar-refractivity contribution in [2.45, 2.75) is 70.6 Å². The normalized spacial score (nSPS) is 20.9. The number of amides is 4. The van der Waals surface area contributed by atoms with Crippen molar-refractivity contribution in [1.82, 2.24) is 24.5 Å². The Kier molecular flexibility index (Phi) is 10.8. The molecule has 0 aliphatic carbocycles. The van der Waals surface area contributed by atoms with Crippen molar-refractivity contribution in [2.24, 2.45) is 0 Å². The summed E-state index contributed by atoms with van der Waals surface area (Å²) >= 11 is 0. The highest BCUT2D eigenvalue weighted by molar-refractivity contribution is 5.91. The van der Waals surface area contributed by atoms with Gasteiger partial charge in [-0.05, 0) is 81.3 Å². The Bertz CT molecular complexity index is 1440. The van der Waals surface area contributed by atoms with Crippen LogP contribution in [0.1, 0.15) is 47.9 Å². The zero-order valence-corrected chi connectivity index (χ0v) is 29.1. The molecular formula is C37H52N6O5. The molecule has 2 aromatic carbocycles. The van der Waals surface area contributed by atoms with E-state index in [4.69, 9.17) is 9.47 Å². The number of rotatable bonds is 7. The number of methoxy groups -OCH3 is 1. The molecule has 11 nitrogen and oxygen atoms in total. The largest absolute Gasteiger partial charge is 0.496 e. The number of para-hydroxylation sites is 1. The highest BCUT2D eigenvalue weighted by atomic mass is 16.6. The van der Waals surface area contributed by atoms with Gasteiger partial charge in [0.25, 0.3) is 5.91 Å². The summed E-state index contributed by atoms with van der Waals surface area (Å²) in [6.07, 6.45) is 2.89. The van der Waals surface area contributed by atoms with Crippen molar-refractivity contribution < 1.29 is 23.9 Å². The van der Waals surface area contributed by atoms with Gasteiger partial charge in [-0.15, -0.1) is 0 Å². The molecule has 11 heteroatoms. The van der Waals surface area contributed by atoms with Crippen molar-refractivity contribution in [3.63, 3.8) is 0 Å². The van der Waals surface area contributed by atoms with Crippen LogP contribution in [-0.4, -0.2) is 134 Å². The number of hydrogen-bond acceptors (Lipinski definition) is 7. The van der Waals surface area contributed by atoms with Crippen LogP contribution in [0, 0.1) is 13.8 Å². The molecule has 3 saturated heterocycles. The van der Waals surface area contributed by atoms with Crippen LogP contribution in [0.15, 0.2) is 36.4 Å². The van der Waals surface area contributed by atoms with E-state index < -0.39 is 12.2 Å². The molecule has 3 fully saturated rings. The number of benzene rings is 2. The van der Waals surface area contributed by atoms with E-state index in [0.29, 0.717) is 58.0 Å². The molecule has 0 saturated carbocycles. The molecule has 0 aromatic heterocycles. The second-order valence-corrected chi connectivity index (χ2v) is 14.0. The number of piperidine rings is 2. The maximum absolute atomic E-state index is 14.1. The first kappa shape index (κ1) is 34.0. The smallest absolute Gasteiger partial charge is 0.410 e. The Hall–Kier alpha value is -3.83. The minimum absolute atomic E-state index is 0.0349. The molecule has 1 atom stereocenters. The van der Waals surface area contributed by atoms with Crippen molar-refractivity contribution in [3.05, 3.63) is 58.7 Å². The fourth-order valence-corrected chi connectivity index (χ4v) is 8.01. The molecule has 6 rings (SSSR count). The minimum atomic E-state index is -0.919.